The van der Waals surface area contributed by atoms with Gasteiger partial charge in [0.25, 0.3) is 0 Å². The molecule has 0 saturated carbocycles. The van der Waals surface area contributed by atoms with E-state index in [1.807, 2.05) is 0 Å². The minimum atomic E-state index is -1.28. The Morgan fingerprint density at radius 1 is 1.54 bits per heavy atom. The maximum absolute atomic E-state index is 11.7. The molecular formula is C13H20N4O7. The first-order chi connectivity index (χ1) is 11.3. The molecule has 5 atom stereocenters. The predicted molar refractivity (Wildman–Crippen MR) is 79.3 cm³/mol. The third-order valence-corrected chi connectivity index (χ3v) is 3.36. The fourth-order valence-corrected chi connectivity index (χ4v) is 2.21. The molecule has 0 fully saturated rings. The van der Waals surface area contributed by atoms with E-state index in [4.69, 9.17) is 25.5 Å². The number of esters is 2. The van der Waals surface area contributed by atoms with Crippen molar-refractivity contribution in [2.75, 3.05) is 20.8 Å². The molecule has 0 unspecified atom stereocenters. The van der Waals surface area contributed by atoms with Crippen LogP contribution in [0.25, 0.3) is 10.4 Å². The van der Waals surface area contributed by atoms with Gasteiger partial charge in [0.15, 0.2) is 0 Å². The Kier molecular flexibility index (Phi) is 7.46. The molecule has 0 aromatic carbocycles. The average Bonchev–Trinajstić information content (AvgIpc) is 2.56. The minimum Gasteiger partial charge on any atom is -0.479 e. The van der Waals surface area contributed by atoms with Crippen molar-refractivity contribution >= 4 is 11.9 Å². The van der Waals surface area contributed by atoms with E-state index in [-0.39, 0.29) is 12.4 Å². The van der Waals surface area contributed by atoms with Gasteiger partial charge in [-0.15, -0.1) is 0 Å². The lowest BCUT2D eigenvalue weighted by atomic mass is 9.93. The van der Waals surface area contributed by atoms with Crippen molar-refractivity contribution in [2.45, 2.75) is 37.3 Å². The predicted octanol–water partition coefficient (Wildman–Crippen LogP) is -0.613. The molecule has 1 rings (SSSR count). The molecule has 0 aromatic rings. The molecule has 0 aromatic heterocycles. The van der Waals surface area contributed by atoms with E-state index in [9.17, 15) is 14.7 Å². The second-order valence-corrected chi connectivity index (χ2v) is 4.95. The molecule has 0 radical (unpaired) electrons. The van der Waals surface area contributed by atoms with Crippen molar-refractivity contribution in [1.82, 2.24) is 0 Å². The van der Waals surface area contributed by atoms with Crippen molar-refractivity contribution in [3.05, 3.63) is 22.3 Å². The summed E-state index contributed by atoms with van der Waals surface area (Å²) in [5.41, 5.74) is 14.6. The van der Waals surface area contributed by atoms with Crippen LogP contribution in [0.5, 0.6) is 0 Å². The molecule has 0 saturated heterocycles. The summed E-state index contributed by atoms with van der Waals surface area (Å²) in [6.45, 7) is 0.830. The Morgan fingerprint density at radius 3 is 2.71 bits per heavy atom. The van der Waals surface area contributed by atoms with Gasteiger partial charge in [0, 0.05) is 18.9 Å². The van der Waals surface area contributed by atoms with Crippen molar-refractivity contribution < 1.29 is 33.6 Å². The first kappa shape index (κ1) is 19.7. The zero-order valence-corrected chi connectivity index (χ0v) is 13.5. The number of ether oxygens (including phenoxy) is 4. The number of methoxy groups -OCH3 is 2. The van der Waals surface area contributed by atoms with Crippen molar-refractivity contribution in [3.63, 3.8) is 0 Å². The Labute approximate surface area is 137 Å². The normalized spacial score (nSPS) is 25.4. The minimum absolute atomic E-state index is 0.219. The van der Waals surface area contributed by atoms with Crippen LogP contribution in [0.15, 0.2) is 16.9 Å². The van der Waals surface area contributed by atoms with E-state index in [2.05, 4.69) is 14.8 Å². The molecule has 0 aliphatic carbocycles. The molecule has 0 amide bonds. The van der Waals surface area contributed by atoms with E-state index in [0.29, 0.717) is 0 Å². The number of aliphatic hydroxyl groups is 1. The molecule has 3 N–H and O–H groups in total. The number of nitrogens with two attached hydrogens (primary N) is 1. The maximum atomic E-state index is 11.7. The Bertz CT molecular complexity index is 546. The van der Waals surface area contributed by atoms with Gasteiger partial charge in [0.05, 0.1) is 19.2 Å². The summed E-state index contributed by atoms with van der Waals surface area (Å²) in [7, 11) is 2.44. The SMILES string of the molecule is COC(=O)C1=C[C@H](N=[N+]=[N-])[C@@H](N)[C@H]([C@H](OC)[C@H](O)COC(C)=O)O1. The third kappa shape index (κ3) is 4.83. The van der Waals surface area contributed by atoms with Crippen LogP contribution in [0.3, 0.4) is 0 Å². The Hall–Kier alpha value is -2.33. The van der Waals surface area contributed by atoms with Crippen molar-refractivity contribution in [3.8, 4) is 0 Å². The number of carbonyl (C=O) groups is 2. The Balaban J connectivity index is 3.05. The first-order valence-electron chi connectivity index (χ1n) is 6.96. The lowest BCUT2D eigenvalue weighted by Crippen LogP contribution is -2.57. The average molecular weight is 344 g/mol. The van der Waals surface area contributed by atoms with Gasteiger partial charge in [-0.2, -0.15) is 0 Å². The summed E-state index contributed by atoms with van der Waals surface area (Å²) in [5, 5.41) is 13.7. The fourth-order valence-electron chi connectivity index (χ4n) is 2.21. The monoisotopic (exact) mass is 344 g/mol. The molecule has 0 bridgehead atoms. The fraction of sp³-hybridized carbons (Fsp3) is 0.692. The zero-order valence-electron chi connectivity index (χ0n) is 13.5. The van der Waals surface area contributed by atoms with Crippen LogP contribution in [-0.4, -0.2) is 68.3 Å². The lowest BCUT2D eigenvalue weighted by molar-refractivity contribution is -0.157. The molecule has 1 aliphatic heterocycles. The summed E-state index contributed by atoms with van der Waals surface area (Å²) in [5.74, 6) is -1.60. The van der Waals surface area contributed by atoms with Crippen LogP contribution >= 0.6 is 0 Å². The highest BCUT2D eigenvalue weighted by molar-refractivity contribution is 5.86. The Morgan fingerprint density at radius 2 is 2.21 bits per heavy atom. The van der Waals surface area contributed by atoms with Crippen LogP contribution in [0.4, 0.5) is 0 Å². The second kappa shape index (κ2) is 9.08. The summed E-state index contributed by atoms with van der Waals surface area (Å²) < 4.78 is 19.9. The van der Waals surface area contributed by atoms with Gasteiger partial charge < -0.3 is 29.8 Å². The highest BCUT2D eigenvalue weighted by Crippen LogP contribution is 2.25. The van der Waals surface area contributed by atoms with Gasteiger partial charge in [-0.05, 0) is 11.6 Å². The first-order valence-corrected chi connectivity index (χ1v) is 6.96. The van der Waals surface area contributed by atoms with Crippen LogP contribution in [-0.2, 0) is 28.5 Å². The number of rotatable bonds is 7. The van der Waals surface area contributed by atoms with Gasteiger partial charge in [0.1, 0.15) is 24.9 Å². The topological polar surface area (TPSA) is 166 Å². The molecule has 11 heteroatoms. The van der Waals surface area contributed by atoms with Crippen LogP contribution < -0.4 is 5.73 Å². The van der Waals surface area contributed by atoms with E-state index in [1.165, 1.54) is 20.1 Å². The van der Waals surface area contributed by atoms with Crippen molar-refractivity contribution in [2.24, 2.45) is 10.8 Å². The molecule has 1 aliphatic rings. The largest absolute Gasteiger partial charge is 0.479 e. The summed E-state index contributed by atoms with van der Waals surface area (Å²) in [4.78, 5) is 25.2. The van der Waals surface area contributed by atoms with Gasteiger partial charge >= 0.3 is 11.9 Å². The van der Waals surface area contributed by atoms with Crippen LogP contribution in [0.1, 0.15) is 6.92 Å². The molecule has 1 heterocycles. The third-order valence-electron chi connectivity index (χ3n) is 3.36. The molecule has 24 heavy (non-hydrogen) atoms. The lowest BCUT2D eigenvalue weighted by Gasteiger charge is -2.38. The summed E-state index contributed by atoms with van der Waals surface area (Å²) in [6, 6.07) is -1.83. The van der Waals surface area contributed by atoms with Gasteiger partial charge in [-0.3, -0.25) is 4.79 Å². The molecule has 134 valence electrons. The van der Waals surface area contributed by atoms with E-state index in [0.717, 1.165) is 7.11 Å². The smallest absolute Gasteiger partial charge is 0.372 e. The van der Waals surface area contributed by atoms with Gasteiger partial charge in [-0.25, -0.2) is 4.79 Å². The number of nitrogens with zero attached hydrogens (tertiary/aromatic N) is 3. The number of azide groups is 1. The van der Waals surface area contributed by atoms with E-state index < -0.39 is 42.3 Å². The molecule has 11 nitrogen and oxygen atoms in total. The number of hydrogen-bond donors (Lipinski definition) is 2. The molecule has 0 spiro atoms. The van der Waals surface area contributed by atoms with Gasteiger partial charge in [0.2, 0.25) is 5.76 Å². The standard InChI is InChI=1S/C13H20N4O7/c1-6(18)23-5-8(19)11(21-2)12-10(14)7(16-17-15)4-9(24-12)13(20)22-3/h4,7-8,10-12,19H,5,14H2,1-3H3/t7-,8+,10+,11+,12+/m0/s1. The quantitative estimate of drug-likeness (QED) is 0.267. The summed E-state index contributed by atoms with van der Waals surface area (Å²) >= 11 is 0. The number of hydrogen-bond acceptors (Lipinski definition) is 9. The maximum Gasteiger partial charge on any atom is 0.372 e. The second-order valence-electron chi connectivity index (χ2n) is 4.95. The van der Waals surface area contributed by atoms with Crippen LogP contribution in [0.2, 0.25) is 0 Å². The highest BCUT2D eigenvalue weighted by Gasteiger charge is 2.42. The van der Waals surface area contributed by atoms with E-state index >= 15 is 0 Å². The summed E-state index contributed by atoms with van der Waals surface area (Å²) in [6.07, 6.45) is -2.14. The number of aliphatic hydroxyl groups excluding tert-OH is 1. The van der Waals surface area contributed by atoms with Gasteiger partial charge in [-0.1, -0.05) is 5.11 Å². The van der Waals surface area contributed by atoms with Crippen molar-refractivity contribution in [1.29, 1.82) is 0 Å². The zero-order chi connectivity index (χ0) is 18.3. The number of carbonyl (C=O) groups excluding carboxylic acids is 2. The van der Waals surface area contributed by atoms with Crippen LogP contribution in [0, 0.1) is 0 Å². The molecular weight excluding hydrogens is 324 g/mol. The van der Waals surface area contributed by atoms with E-state index in [1.54, 1.807) is 0 Å². The highest BCUT2D eigenvalue weighted by atomic mass is 16.6.